The Morgan fingerprint density at radius 1 is 1.29 bits per heavy atom. The second kappa shape index (κ2) is 8.96. The van der Waals surface area contributed by atoms with Gasteiger partial charge in [0.15, 0.2) is 5.65 Å². The van der Waals surface area contributed by atoms with Crippen LogP contribution in [0.25, 0.3) is 11.2 Å². The highest BCUT2D eigenvalue weighted by Gasteiger charge is 2.38. The van der Waals surface area contributed by atoms with Crippen LogP contribution in [0.3, 0.4) is 0 Å². The first-order valence-corrected chi connectivity index (χ1v) is 12.1. The number of primary amides is 1. The number of halogens is 2. The topological polar surface area (TPSA) is 135 Å². The van der Waals surface area contributed by atoms with Gasteiger partial charge >= 0.3 is 0 Å². The Balaban J connectivity index is 1.55. The molecule has 11 heteroatoms. The van der Waals surface area contributed by atoms with Crippen molar-refractivity contribution >= 4 is 46.3 Å². The fourth-order valence-corrected chi connectivity index (χ4v) is 5.00. The van der Waals surface area contributed by atoms with E-state index in [1.54, 1.807) is 6.20 Å². The van der Waals surface area contributed by atoms with Crippen molar-refractivity contribution in [2.45, 2.75) is 64.0 Å². The maximum absolute atomic E-state index is 14.8. The summed E-state index contributed by atoms with van der Waals surface area (Å²) >= 11 is 6.30. The highest BCUT2D eigenvalue weighted by Crippen LogP contribution is 2.43. The van der Waals surface area contributed by atoms with Gasteiger partial charge in [-0.05, 0) is 57.1 Å². The normalized spacial score (nSPS) is 22.4. The van der Waals surface area contributed by atoms with Gasteiger partial charge in [-0.3, -0.25) is 9.36 Å². The number of hydrogen-bond donors (Lipinski definition) is 3. The zero-order valence-electron chi connectivity index (χ0n) is 19.3. The lowest BCUT2D eigenvalue weighted by Crippen LogP contribution is -2.38. The van der Waals surface area contributed by atoms with Gasteiger partial charge in [0.05, 0.1) is 28.5 Å². The van der Waals surface area contributed by atoms with E-state index in [1.165, 1.54) is 12.5 Å². The number of fused-ring (bicyclic) bond motifs is 1. The summed E-state index contributed by atoms with van der Waals surface area (Å²) in [4.78, 5) is 25.8. The van der Waals surface area contributed by atoms with Crippen molar-refractivity contribution in [1.29, 1.82) is 5.26 Å². The van der Waals surface area contributed by atoms with Gasteiger partial charge in [-0.2, -0.15) is 10.2 Å². The quantitative estimate of drug-likeness (QED) is 0.445. The molecule has 1 aromatic carbocycles. The van der Waals surface area contributed by atoms with Crippen LogP contribution in [0.1, 0.15) is 63.5 Å². The third-order valence-corrected chi connectivity index (χ3v) is 7.60. The second-order valence-corrected chi connectivity index (χ2v) is 10.1. The van der Waals surface area contributed by atoms with Crippen molar-refractivity contribution in [3.05, 3.63) is 34.7 Å². The molecule has 2 aliphatic rings. The number of nitriles is 1. The van der Waals surface area contributed by atoms with Crippen molar-refractivity contribution in [3.63, 3.8) is 0 Å². The zero-order chi connectivity index (χ0) is 24.7. The lowest BCUT2D eigenvalue weighted by atomic mass is 9.73. The molecular formula is C24H26ClFN8O. The van der Waals surface area contributed by atoms with Gasteiger partial charge in [0.2, 0.25) is 17.8 Å². The average molecular weight is 497 g/mol. The van der Waals surface area contributed by atoms with Gasteiger partial charge in [0.25, 0.3) is 0 Å². The molecule has 2 aliphatic carbocycles. The summed E-state index contributed by atoms with van der Waals surface area (Å²) in [6.07, 6.45) is 7.60. The lowest BCUT2D eigenvalue weighted by molar-refractivity contribution is -0.128. The van der Waals surface area contributed by atoms with Gasteiger partial charge in [-0.25, -0.2) is 14.4 Å². The first-order valence-electron chi connectivity index (χ1n) is 11.7. The Kier molecular flexibility index (Phi) is 5.97. The number of nitrogens with two attached hydrogens (primary N) is 1. The van der Waals surface area contributed by atoms with E-state index in [0.29, 0.717) is 54.8 Å². The molecule has 0 bridgehead atoms. The molecule has 2 fully saturated rings. The maximum atomic E-state index is 14.8. The molecule has 2 heterocycles. The zero-order valence-corrected chi connectivity index (χ0v) is 20.1. The van der Waals surface area contributed by atoms with Crippen LogP contribution >= 0.6 is 11.6 Å². The van der Waals surface area contributed by atoms with Crippen molar-refractivity contribution in [3.8, 4) is 6.07 Å². The summed E-state index contributed by atoms with van der Waals surface area (Å²) in [5, 5.41) is 15.6. The number of rotatable bonds is 6. The summed E-state index contributed by atoms with van der Waals surface area (Å²) in [6, 6.07) is 4.74. The molecule has 1 amide bonds. The molecule has 182 valence electrons. The minimum atomic E-state index is -0.656. The van der Waals surface area contributed by atoms with Gasteiger partial charge in [-0.1, -0.05) is 18.5 Å². The van der Waals surface area contributed by atoms with Crippen molar-refractivity contribution in [2.24, 2.45) is 11.1 Å². The van der Waals surface area contributed by atoms with E-state index in [1.807, 2.05) is 17.6 Å². The highest BCUT2D eigenvalue weighted by atomic mass is 35.5. The van der Waals surface area contributed by atoms with E-state index < -0.39 is 11.2 Å². The number of nitrogens with zero attached hydrogens (tertiary/aromatic N) is 5. The molecule has 0 atom stereocenters. The summed E-state index contributed by atoms with van der Waals surface area (Å²) in [7, 11) is 0. The van der Waals surface area contributed by atoms with Gasteiger partial charge in [0, 0.05) is 17.5 Å². The van der Waals surface area contributed by atoms with E-state index in [9.17, 15) is 9.18 Å². The van der Waals surface area contributed by atoms with Crippen LogP contribution in [0.2, 0.25) is 5.02 Å². The lowest BCUT2D eigenvalue weighted by Gasteiger charge is -2.35. The Hall–Kier alpha value is -3.45. The van der Waals surface area contributed by atoms with Gasteiger partial charge < -0.3 is 16.4 Å². The minimum Gasteiger partial charge on any atom is -0.369 e. The van der Waals surface area contributed by atoms with Crippen LogP contribution in [-0.4, -0.2) is 31.5 Å². The number of nitrogens with one attached hydrogen (secondary N) is 2. The van der Waals surface area contributed by atoms with Crippen LogP contribution in [0.4, 0.5) is 22.0 Å². The number of aromatic nitrogens is 4. The number of amides is 1. The first-order chi connectivity index (χ1) is 16.8. The smallest absolute Gasteiger partial charge is 0.224 e. The first kappa shape index (κ1) is 23.3. The summed E-state index contributed by atoms with van der Waals surface area (Å²) < 4.78 is 16.8. The summed E-state index contributed by atoms with van der Waals surface area (Å²) in [5.74, 6) is -0.0647. The predicted molar refractivity (Wildman–Crippen MR) is 131 cm³/mol. The molecule has 3 aromatic rings. The van der Waals surface area contributed by atoms with E-state index in [2.05, 4.69) is 20.6 Å². The Bertz CT molecular complexity index is 1310. The Labute approximate surface area is 206 Å². The second-order valence-electron chi connectivity index (χ2n) is 9.69. The van der Waals surface area contributed by atoms with Gasteiger partial charge in [-0.15, -0.1) is 0 Å². The molecule has 2 aromatic heterocycles. The van der Waals surface area contributed by atoms with Crippen LogP contribution in [-0.2, 0) is 4.79 Å². The Morgan fingerprint density at radius 2 is 2.03 bits per heavy atom. The van der Waals surface area contributed by atoms with Crippen LogP contribution in [0, 0.1) is 22.6 Å². The third kappa shape index (κ3) is 4.36. The number of benzene rings is 1. The fourth-order valence-electron chi connectivity index (χ4n) is 4.74. The molecule has 0 spiro atoms. The number of anilines is 3. The molecule has 0 radical (unpaired) electrons. The van der Waals surface area contributed by atoms with Crippen molar-refractivity contribution in [1.82, 2.24) is 19.5 Å². The summed E-state index contributed by atoms with van der Waals surface area (Å²) in [6.45, 7) is 1.89. The van der Waals surface area contributed by atoms with Gasteiger partial charge in [0.1, 0.15) is 11.3 Å². The molecule has 4 N–H and O–H groups in total. The molecule has 0 aliphatic heterocycles. The van der Waals surface area contributed by atoms with Crippen LogP contribution < -0.4 is 16.4 Å². The third-order valence-electron chi connectivity index (χ3n) is 7.30. The van der Waals surface area contributed by atoms with Crippen molar-refractivity contribution < 1.29 is 9.18 Å². The number of carbonyl (C=O) groups is 1. The largest absolute Gasteiger partial charge is 0.369 e. The number of imidazole rings is 1. The molecule has 0 saturated heterocycles. The predicted octanol–water partition coefficient (Wildman–Crippen LogP) is 4.81. The van der Waals surface area contributed by atoms with E-state index in [4.69, 9.17) is 27.6 Å². The highest BCUT2D eigenvalue weighted by molar-refractivity contribution is 6.33. The fraction of sp³-hybridized carbons (Fsp3) is 0.458. The van der Waals surface area contributed by atoms with Crippen molar-refractivity contribution in [2.75, 3.05) is 10.6 Å². The van der Waals surface area contributed by atoms with Crippen LogP contribution in [0.5, 0.6) is 0 Å². The minimum absolute atomic E-state index is 0.0285. The molecule has 35 heavy (non-hydrogen) atoms. The number of carbonyl (C=O) groups excluding carboxylic acids is 1. The maximum Gasteiger partial charge on any atom is 0.224 e. The molecule has 2 saturated carbocycles. The Morgan fingerprint density at radius 3 is 2.63 bits per heavy atom. The molecule has 5 rings (SSSR count). The van der Waals surface area contributed by atoms with E-state index in [0.717, 1.165) is 18.9 Å². The number of hydrogen-bond acceptors (Lipinski definition) is 7. The molecular weight excluding hydrogens is 471 g/mol. The van der Waals surface area contributed by atoms with Crippen LogP contribution in [0.15, 0.2) is 18.3 Å². The molecule has 0 unspecified atom stereocenters. The summed E-state index contributed by atoms with van der Waals surface area (Å²) in [5.41, 5.74) is 6.42. The average Bonchev–Trinajstić information content (AvgIpc) is 3.16. The monoisotopic (exact) mass is 496 g/mol. The standard InChI is InChI=1S/C24H26ClFN8O/c1-24(21(28)35)7-5-15(6-8-24)34-20-18(12-29-22(33-20)30-14-3-2-4-14)31-23(34)32-19-16(25)9-13(11-27)10-17(19)26/h9-10,12,14-15H,2-8H2,1H3,(H2,28,35)(H,31,32)(H,29,30,33)/t15-,24+. The van der Waals surface area contributed by atoms with E-state index in [-0.39, 0.29) is 28.2 Å². The van der Waals surface area contributed by atoms with E-state index >= 15 is 0 Å². The molecule has 9 nitrogen and oxygen atoms in total. The SMILES string of the molecule is C[C@]1(C(N)=O)CC[C@@H](n2c(Nc3c(F)cc(C#N)cc3Cl)nc3cnc(NC4CCC4)nc32)CC1.